The molecule has 0 aliphatic carbocycles. The van der Waals surface area contributed by atoms with Gasteiger partial charge in [0.2, 0.25) is 0 Å². The number of nitrogens with zero attached hydrogens (tertiary/aromatic N) is 5. The molecular weight excluding hydrogens is 302 g/mol. The summed E-state index contributed by atoms with van der Waals surface area (Å²) in [5, 5.41) is 11.8. The van der Waals surface area contributed by atoms with Crippen LogP contribution in [0, 0.1) is 13.8 Å². The van der Waals surface area contributed by atoms with Gasteiger partial charge >= 0.3 is 0 Å². The summed E-state index contributed by atoms with van der Waals surface area (Å²) in [6.45, 7) is 8.30. The fraction of sp³-hybridized carbons (Fsp3) is 0.167. The van der Waals surface area contributed by atoms with Crippen LogP contribution in [0.25, 0.3) is 5.69 Å². The standard InChI is InChI=1S/C18H19N5O/c1-4-9-24-18-7-5-17(6-8-18)23-14(2)10-16(15(23)3)11-21-22-12-19-20-13-22/h4-8,10-13H,1,9H2,2-3H3/b21-11-. The summed E-state index contributed by atoms with van der Waals surface area (Å²) >= 11 is 0. The quantitative estimate of drug-likeness (QED) is 0.518. The van der Waals surface area contributed by atoms with Gasteiger partial charge in [0.25, 0.3) is 0 Å². The molecule has 0 saturated carbocycles. The molecular formula is C18H19N5O. The summed E-state index contributed by atoms with van der Waals surface area (Å²) in [5.41, 5.74) is 4.38. The average molecular weight is 321 g/mol. The molecule has 0 N–H and O–H groups in total. The predicted molar refractivity (Wildman–Crippen MR) is 93.9 cm³/mol. The van der Waals surface area contributed by atoms with E-state index in [0.29, 0.717) is 6.61 Å². The number of benzene rings is 1. The molecule has 0 radical (unpaired) electrons. The van der Waals surface area contributed by atoms with Crippen molar-refractivity contribution in [3.8, 4) is 11.4 Å². The van der Waals surface area contributed by atoms with Crippen LogP contribution in [0.3, 0.4) is 0 Å². The largest absolute Gasteiger partial charge is 0.490 e. The summed E-state index contributed by atoms with van der Waals surface area (Å²) in [6.07, 6.45) is 6.65. The minimum absolute atomic E-state index is 0.505. The van der Waals surface area contributed by atoms with Gasteiger partial charge in [-0.2, -0.15) is 5.10 Å². The van der Waals surface area contributed by atoms with Gasteiger partial charge in [0.1, 0.15) is 25.0 Å². The molecule has 0 unspecified atom stereocenters. The lowest BCUT2D eigenvalue weighted by molar-refractivity contribution is 0.363. The Morgan fingerprint density at radius 2 is 1.88 bits per heavy atom. The Balaban J connectivity index is 1.87. The lowest BCUT2D eigenvalue weighted by Crippen LogP contribution is -2.00. The Morgan fingerprint density at radius 3 is 2.54 bits per heavy atom. The number of ether oxygens (including phenoxy) is 1. The molecule has 0 bridgehead atoms. The number of hydrogen-bond donors (Lipinski definition) is 0. The summed E-state index contributed by atoms with van der Waals surface area (Å²) in [6, 6.07) is 10.1. The number of aromatic nitrogens is 4. The summed E-state index contributed by atoms with van der Waals surface area (Å²) in [5.74, 6) is 0.829. The van der Waals surface area contributed by atoms with Gasteiger partial charge in [0.15, 0.2) is 0 Å². The second-order valence-corrected chi connectivity index (χ2v) is 5.34. The molecule has 6 nitrogen and oxygen atoms in total. The average Bonchev–Trinajstić information content (AvgIpc) is 3.20. The maximum absolute atomic E-state index is 5.53. The van der Waals surface area contributed by atoms with Gasteiger partial charge < -0.3 is 9.30 Å². The van der Waals surface area contributed by atoms with E-state index in [1.54, 1.807) is 23.4 Å². The zero-order valence-corrected chi connectivity index (χ0v) is 13.8. The van der Waals surface area contributed by atoms with Crippen LogP contribution in [0.2, 0.25) is 0 Å². The SMILES string of the molecule is C=CCOc1ccc(-n2c(C)cc(/C=N\n3cnnc3)c2C)cc1. The Kier molecular flexibility index (Phi) is 4.56. The highest BCUT2D eigenvalue weighted by molar-refractivity contribution is 5.82. The molecule has 2 heterocycles. The number of aryl methyl sites for hydroxylation is 1. The number of hydrogen-bond acceptors (Lipinski definition) is 4. The van der Waals surface area contributed by atoms with Crippen LogP contribution in [-0.2, 0) is 0 Å². The highest BCUT2D eigenvalue weighted by Crippen LogP contribution is 2.22. The van der Waals surface area contributed by atoms with Gasteiger partial charge in [-0.15, -0.1) is 10.2 Å². The van der Waals surface area contributed by atoms with Gasteiger partial charge in [-0.05, 0) is 44.2 Å². The molecule has 0 saturated heterocycles. The summed E-state index contributed by atoms with van der Waals surface area (Å²) < 4.78 is 9.28. The second kappa shape index (κ2) is 6.95. The third-order valence-corrected chi connectivity index (χ3v) is 3.67. The van der Waals surface area contributed by atoms with Crippen LogP contribution in [0.4, 0.5) is 0 Å². The Morgan fingerprint density at radius 1 is 1.17 bits per heavy atom. The molecule has 2 aromatic heterocycles. The van der Waals surface area contributed by atoms with Crippen molar-refractivity contribution in [3.05, 3.63) is 72.6 Å². The van der Waals surface area contributed by atoms with Gasteiger partial charge in [-0.25, -0.2) is 4.68 Å². The molecule has 6 heteroatoms. The molecule has 1 aromatic carbocycles. The van der Waals surface area contributed by atoms with Crippen molar-refractivity contribution in [2.24, 2.45) is 5.10 Å². The smallest absolute Gasteiger partial charge is 0.141 e. The van der Waals surface area contributed by atoms with Gasteiger partial charge in [0.05, 0.1) is 6.21 Å². The van der Waals surface area contributed by atoms with Crippen molar-refractivity contribution in [2.75, 3.05) is 6.61 Å². The molecule has 122 valence electrons. The molecule has 0 spiro atoms. The molecule has 0 fully saturated rings. The van der Waals surface area contributed by atoms with Gasteiger partial charge in [-0.1, -0.05) is 12.7 Å². The van der Waals surface area contributed by atoms with E-state index >= 15 is 0 Å². The van der Waals surface area contributed by atoms with Crippen molar-refractivity contribution in [3.63, 3.8) is 0 Å². The van der Waals surface area contributed by atoms with Crippen LogP contribution in [0.5, 0.6) is 5.75 Å². The Labute approximate surface area is 140 Å². The normalized spacial score (nSPS) is 11.1. The first-order chi connectivity index (χ1) is 11.7. The van der Waals surface area contributed by atoms with Crippen molar-refractivity contribution >= 4 is 6.21 Å². The molecule has 0 aliphatic rings. The third kappa shape index (κ3) is 3.27. The predicted octanol–water partition coefficient (Wildman–Crippen LogP) is 3.13. The fourth-order valence-electron chi connectivity index (χ4n) is 2.55. The van der Waals surface area contributed by atoms with E-state index in [9.17, 15) is 0 Å². The molecule has 0 aliphatic heterocycles. The van der Waals surface area contributed by atoms with E-state index in [1.807, 2.05) is 30.5 Å². The van der Waals surface area contributed by atoms with Crippen molar-refractivity contribution < 1.29 is 4.74 Å². The van der Waals surface area contributed by atoms with Crippen LogP contribution in [0.15, 0.2) is 60.7 Å². The van der Waals surface area contributed by atoms with E-state index in [4.69, 9.17) is 4.74 Å². The molecule has 0 amide bonds. The lowest BCUT2D eigenvalue weighted by Gasteiger charge is -2.11. The van der Waals surface area contributed by atoms with E-state index < -0.39 is 0 Å². The van der Waals surface area contributed by atoms with Crippen molar-refractivity contribution in [1.29, 1.82) is 0 Å². The van der Waals surface area contributed by atoms with E-state index in [-0.39, 0.29) is 0 Å². The molecule has 3 rings (SSSR count). The van der Waals surface area contributed by atoms with Gasteiger partial charge in [-0.3, -0.25) is 0 Å². The van der Waals surface area contributed by atoms with Gasteiger partial charge in [0, 0.05) is 22.6 Å². The fourth-order valence-corrected chi connectivity index (χ4v) is 2.55. The molecule has 24 heavy (non-hydrogen) atoms. The zero-order chi connectivity index (χ0) is 16.9. The van der Waals surface area contributed by atoms with E-state index in [1.165, 1.54) is 0 Å². The van der Waals surface area contributed by atoms with E-state index in [2.05, 4.69) is 46.4 Å². The maximum atomic E-state index is 5.53. The van der Waals surface area contributed by atoms with Crippen molar-refractivity contribution in [2.45, 2.75) is 13.8 Å². The second-order valence-electron chi connectivity index (χ2n) is 5.34. The Bertz CT molecular complexity index is 844. The lowest BCUT2D eigenvalue weighted by atomic mass is 10.2. The van der Waals surface area contributed by atoms with Crippen LogP contribution in [-0.4, -0.2) is 32.3 Å². The first-order valence-electron chi connectivity index (χ1n) is 7.61. The van der Waals surface area contributed by atoms with Crippen LogP contribution >= 0.6 is 0 Å². The summed E-state index contributed by atoms with van der Waals surface area (Å²) in [7, 11) is 0. The monoisotopic (exact) mass is 321 g/mol. The minimum atomic E-state index is 0.505. The zero-order valence-electron chi connectivity index (χ0n) is 13.8. The van der Waals surface area contributed by atoms with E-state index in [0.717, 1.165) is 28.4 Å². The first kappa shape index (κ1) is 15.7. The Hall–Kier alpha value is -3.15. The first-order valence-corrected chi connectivity index (χ1v) is 7.61. The highest BCUT2D eigenvalue weighted by Gasteiger charge is 2.09. The highest BCUT2D eigenvalue weighted by atomic mass is 16.5. The maximum Gasteiger partial charge on any atom is 0.141 e. The minimum Gasteiger partial charge on any atom is -0.490 e. The third-order valence-electron chi connectivity index (χ3n) is 3.67. The molecule has 3 aromatic rings. The topological polar surface area (TPSA) is 57.2 Å². The number of rotatable bonds is 6. The van der Waals surface area contributed by atoms with Crippen LogP contribution in [0.1, 0.15) is 17.0 Å². The molecule has 0 atom stereocenters. The van der Waals surface area contributed by atoms with Crippen molar-refractivity contribution in [1.82, 2.24) is 19.4 Å². The summed E-state index contributed by atoms with van der Waals surface area (Å²) in [4.78, 5) is 0. The van der Waals surface area contributed by atoms with Crippen LogP contribution < -0.4 is 4.74 Å².